The van der Waals surface area contributed by atoms with E-state index in [1.165, 1.54) is 0 Å². The van der Waals surface area contributed by atoms with Gasteiger partial charge in [-0.15, -0.1) is 0 Å². The molecule has 1 fully saturated rings. The lowest BCUT2D eigenvalue weighted by atomic mass is 10.0. The highest BCUT2D eigenvalue weighted by Gasteiger charge is 2.27. The van der Waals surface area contributed by atoms with Gasteiger partial charge in [0.15, 0.2) is 0 Å². The van der Waals surface area contributed by atoms with E-state index in [4.69, 9.17) is 0 Å². The van der Waals surface area contributed by atoms with Gasteiger partial charge in [0.25, 0.3) is 0 Å². The largest absolute Gasteiger partial charge is 0.480 e. The molecule has 1 saturated heterocycles. The molecular formula is C23H34N4O8. The van der Waals surface area contributed by atoms with Gasteiger partial charge >= 0.3 is 23.9 Å². The monoisotopic (exact) mass is 494 g/mol. The lowest BCUT2D eigenvalue weighted by molar-refractivity contribution is -0.142. The van der Waals surface area contributed by atoms with Gasteiger partial charge in [0, 0.05) is 51.9 Å². The molecule has 0 amide bonds. The molecule has 0 saturated carbocycles. The highest BCUT2D eigenvalue weighted by molar-refractivity contribution is 5.70. The van der Waals surface area contributed by atoms with Crippen molar-refractivity contribution >= 4 is 23.9 Å². The molecule has 0 aliphatic carbocycles. The Morgan fingerprint density at radius 2 is 1.06 bits per heavy atom. The molecule has 1 aliphatic rings. The first-order chi connectivity index (χ1) is 16.6. The Kier molecular flexibility index (Phi) is 11.6. The van der Waals surface area contributed by atoms with Crippen molar-refractivity contribution in [2.45, 2.75) is 12.5 Å². The van der Waals surface area contributed by atoms with E-state index in [0.717, 1.165) is 5.56 Å². The summed E-state index contributed by atoms with van der Waals surface area (Å²) >= 11 is 0. The number of rotatable bonds is 10. The molecule has 1 heterocycles. The normalized spacial score (nSPS) is 19.9. The van der Waals surface area contributed by atoms with Crippen molar-refractivity contribution in [1.29, 1.82) is 0 Å². The summed E-state index contributed by atoms with van der Waals surface area (Å²) in [4.78, 5) is 52.8. The Balaban J connectivity index is 2.36. The van der Waals surface area contributed by atoms with E-state index < -0.39 is 23.9 Å². The van der Waals surface area contributed by atoms with Crippen molar-refractivity contribution in [1.82, 2.24) is 19.6 Å². The quantitative estimate of drug-likeness (QED) is 0.319. The van der Waals surface area contributed by atoms with Gasteiger partial charge in [0.1, 0.15) is 0 Å². The Bertz CT molecular complexity index is 853. The van der Waals surface area contributed by atoms with Crippen molar-refractivity contribution in [3.8, 4) is 0 Å². The summed E-state index contributed by atoms with van der Waals surface area (Å²) < 4.78 is 0. The number of carboxylic acids is 4. The standard InChI is InChI=1S/C23H34N4O8/c28-20(29)14-24-6-7-25(15-21(30)31)10-11-27(17-23(34)35)19(12-18-4-2-1-3-5-18)13-26(9-8-24)16-22(32)33/h1-5,19H,6-17H2,(H,28,29)(H,30,31)(H,32,33)(H,34,35)/t19-/m0/s1. The van der Waals surface area contributed by atoms with Crippen molar-refractivity contribution in [3.63, 3.8) is 0 Å². The Morgan fingerprint density at radius 1 is 0.629 bits per heavy atom. The van der Waals surface area contributed by atoms with E-state index in [1.807, 2.05) is 30.3 Å². The van der Waals surface area contributed by atoms with Gasteiger partial charge in [0.2, 0.25) is 0 Å². The molecule has 0 aromatic heterocycles. The first-order valence-electron chi connectivity index (χ1n) is 11.4. The molecule has 1 aromatic rings. The fourth-order valence-corrected chi connectivity index (χ4v) is 4.24. The SMILES string of the molecule is O=C(O)CN1CCN(CC(=O)O)CCN(CC(=O)O)[C@@H](Cc2ccccc2)CN(CC(=O)O)CC1. The molecule has 194 valence electrons. The highest BCUT2D eigenvalue weighted by atomic mass is 16.4. The molecule has 0 bridgehead atoms. The number of aliphatic carboxylic acids is 4. The van der Waals surface area contributed by atoms with Gasteiger partial charge in [-0.1, -0.05) is 30.3 Å². The third-order valence-electron chi connectivity index (χ3n) is 5.88. The Morgan fingerprint density at radius 3 is 1.54 bits per heavy atom. The zero-order valence-electron chi connectivity index (χ0n) is 19.7. The molecular weight excluding hydrogens is 460 g/mol. The average molecular weight is 495 g/mol. The second-order valence-corrected chi connectivity index (χ2v) is 8.68. The van der Waals surface area contributed by atoms with Crippen molar-refractivity contribution in [3.05, 3.63) is 35.9 Å². The maximum Gasteiger partial charge on any atom is 0.317 e. The number of nitrogens with zero attached hydrogens (tertiary/aromatic N) is 4. The van der Waals surface area contributed by atoms with Crippen LogP contribution in [0.1, 0.15) is 5.56 Å². The van der Waals surface area contributed by atoms with E-state index in [-0.39, 0.29) is 78.0 Å². The van der Waals surface area contributed by atoms with E-state index >= 15 is 0 Å². The van der Waals surface area contributed by atoms with Crippen LogP contribution in [0, 0.1) is 0 Å². The summed E-state index contributed by atoms with van der Waals surface area (Å²) in [6, 6.07) is 9.10. The second-order valence-electron chi connectivity index (χ2n) is 8.68. The molecule has 1 aliphatic heterocycles. The Labute approximate surface area is 203 Å². The maximum absolute atomic E-state index is 11.7. The van der Waals surface area contributed by atoms with Crippen LogP contribution in [0.3, 0.4) is 0 Å². The molecule has 0 spiro atoms. The summed E-state index contributed by atoms with van der Waals surface area (Å²) in [6.45, 7) is 0.854. The zero-order valence-corrected chi connectivity index (χ0v) is 19.7. The summed E-state index contributed by atoms with van der Waals surface area (Å²) in [5.41, 5.74) is 0.963. The minimum atomic E-state index is -1.03. The molecule has 4 N–H and O–H groups in total. The summed E-state index contributed by atoms with van der Waals surface area (Å²) in [5.74, 6) is -4.11. The first kappa shape index (κ1) is 28.2. The summed E-state index contributed by atoms with van der Waals surface area (Å²) in [7, 11) is 0. The lowest BCUT2D eigenvalue weighted by Gasteiger charge is -2.37. The number of benzene rings is 1. The predicted molar refractivity (Wildman–Crippen MR) is 125 cm³/mol. The fraction of sp³-hybridized carbons (Fsp3) is 0.565. The third-order valence-corrected chi connectivity index (χ3v) is 5.88. The van der Waals surface area contributed by atoms with Crippen LogP contribution in [-0.2, 0) is 25.6 Å². The zero-order chi connectivity index (χ0) is 25.8. The summed E-state index contributed by atoms with van der Waals surface area (Å²) in [5, 5.41) is 37.6. The molecule has 0 radical (unpaired) electrons. The van der Waals surface area contributed by atoms with E-state index in [2.05, 4.69) is 0 Å². The van der Waals surface area contributed by atoms with Crippen LogP contribution in [0.4, 0.5) is 0 Å². The van der Waals surface area contributed by atoms with Gasteiger partial charge in [0.05, 0.1) is 26.2 Å². The van der Waals surface area contributed by atoms with Crippen LogP contribution in [0.2, 0.25) is 0 Å². The van der Waals surface area contributed by atoms with Crippen molar-refractivity contribution in [2.24, 2.45) is 0 Å². The predicted octanol–water partition coefficient (Wildman–Crippen LogP) is -0.842. The fourth-order valence-electron chi connectivity index (χ4n) is 4.24. The average Bonchev–Trinajstić information content (AvgIpc) is 2.76. The topological polar surface area (TPSA) is 162 Å². The van der Waals surface area contributed by atoms with Gasteiger partial charge < -0.3 is 20.4 Å². The van der Waals surface area contributed by atoms with Crippen molar-refractivity contribution in [2.75, 3.05) is 72.0 Å². The van der Waals surface area contributed by atoms with Crippen LogP contribution in [0.15, 0.2) is 30.3 Å². The summed E-state index contributed by atoms with van der Waals surface area (Å²) in [6.07, 6.45) is 0.474. The first-order valence-corrected chi connectivity index (χ1v) is 11.4. The minimum Gasteiger partial charge on any atom is -0.480 e. The van der Waals surface area contributed by atoms with E-state index in [0.29, 0.717) is 6.42 Å². The second kappa shape index (κ2) is 14.4. The van der Waals surface area contributed by atoms with E-state index in [1.54, 1.807) is 19.6 Å². The molecule has 35 heavy (non-hydrogen) atoms. The number of hydrogen-bond donors (Lipinski definition) is 4. The maximum atomic E-state index is 11.7. The van der Waals surface area contributed by atoms with Crippen LogP contribution in [0.25, 0.3) is 0 Å². The number of carbonyl (C=O) groups is 4. The Hall–Kier alpha value is -3.06. The molecule has 12 heteroatoms. The molecule has 0 unspecified atom stereocenters. The molecule has 1 aromatic carbocycles. The van der Waals surface area contributed by atoms with Crippen LogP contribution in [-0.4, -0.2) is 142 Å². The molecule has 2 rings (SSSR count). The van der Waals surface area contributed by atoms with Gasteiger partial charge in [-0.3, -0.25) is 38.8 Å². The third kappa shape index (κ3) is 11.3. The number of carboxylic acid groups (broad SMARTS) is 4. The van der Waals surface area contributed by atoms with Crippen LogP contribution < -0.4 is 0 Å². The molecule has 12 nitrogen and oxygen atoms in total. The highest BCUT2D eigenvalue weighted by Crippen LogP contribution is 2.13. The van der Waals surface area contributed by atoms with Crippen LogP contribution >= 0.6 is 0 Å². The van der Waals surface area contributed by atoms with Crippen molar-refractivity contribution < 1.29 is 39.6 Å². The van der Waals surface area contributed by atoms with Gasteiger partial charge in [-0.2, -0.15) is 0 Å². The lowest BCUT2D eigenvalue weighted by Crippen LogP contribution is -2.53. The number of hydrogen-bond acceptors (Lipinski definition) is 8. The van der Waals surface area contributed by atoms with Gasteiger partial charge in [-0.25, -0.2) is 0 Å². The van der Waals surface area contributed by atoms with E-state index in [9.17, 15) is 39.6 Å². The smallest absolute Gasteiger partial charge is 0.317 e. The minimum absolute atomic E-state index is 0.250. The van der Waals surface area contributed by atoms with Crippen LogP contribution in [0.5, 0.6) is 0 Å². The van der Waals surface area contributed by atoms with Gasteiger partial charge in [-0.05, 0) is 12.0 Å². The molecule has 1 atom stereocenters.